The van der Waals surface area contributed by atoms with Crippen LogP contribution < -0.4 is 20.3 Å². The first-order valence-corrected chi connectivity index (χ1v) is 14.1. The number of alkyl carbamates (subject to hydrolysis) is 1. The van der Waals surface area contributed by atoms with Gasteiger partial charge in [0.15, 0.2) is 27.8 Å². The second-order valence-electron chi connectivity index (χ2n) is 10.3. The van der Waals surface area contributed by atoms with E-state index in [0.29, 0.717) is 54.0 Å². The molecule has 2 aliphatic rings. The molecule has 4 heterocycles. The molecular formula is C25H31BrN6O5S. The van der Waals surface area contributed by atoms with Crippen LogP contribution in [0.1, 0.15) is 40.0 Å². The number of fused-ring (bicyclic) bond motifs is 2. The third-order valence-corrected chi connectivity index (χ3v) is 8.21. The van der Waals surface area contributed by atoms with E-state index in [2.05, 4.69) is 31.2 Å². The molecule has 1 fully saturated rings. The Balaban J connectivity index is 1.35. The lowest BCUT2D eigenvalue weighted by Crippen LogP contribution is -2.45. The first-order valence-electron chi connectivity index (χ1n) is 12.5. The third kappa shape index (κ3) is 6.26. The second kappa shape index (κ2) is 11.1. The number of amides is 1. The smallest absolute Gasteiger partial charge is 0.407 e. The minimum absolute atomic E-state index is 0.0932. The van der Waals surface area contributed by atoms with E-state index in [1.54, 1.807) is 6.33 Å². The maximum Gasteiger partial charge on any atom is 0.407 e. The number of benzene rings is 1. The van der Waals surface area contributed by atoms with Crippen molar-refractivity contribution in [2.75, 3.05) is 20.0 Å². The molecule has 1 atom stereocenters. The van der Waals surface area contributed by atoms with E-state index < -0.39 is 11.7 Å². The summed E-state index contributed by atoms with van der Waals surface area (Å²) in [6.07, 6.45) is 3.61. The highest BCUT2D eigenvalue weighted by atomic mass is 79.9. The molecule has 0 aliphatic carbocycles. The molecule has 3 N–H and O–H groups in total. The van der Waals surface area contributed by atoms with Crippen molar-refractivity contribution in [3.8, 4) is 11.5 Å². The molecule has 204 valence electrons. The van der Waals surface area contributed by atoms with Gasteiger partial charge in [-0.05, 0) is 74.0 Å². The van der Waals surface area contributed by atoms with Gasteiger partial charge in [-0.1, -0.05) is 11.8 Å². The quantitative estimate of drug-likeness (QED) is 0.355. The highest BCUT2D eigenvalue weighted by molar-refractivity contribution is 9.10. The standard InChI is InChI=1S/C25H31BrN6O5S/c1-25(2,3)37-24(33)29-16(14-5-8-34-9-6-14)4-7-32-12-28-21(27)20-22(32)31-23(30-20)38-19-11-18-17(10-15(19)26)35-13-36-18/h10-12,14,16,27H,4-9,13H2,1-3H3,(H,29,33)(H,30,31). The van der Waals surface area contributed by atoms with Gasteiger partial charge in [0.2, 0.25) is 6.79 Å². The molecule has 1 aromatic carbocycles. The Morgan fingerprint density at radius 1 is 1.32 bits per heavy atom. The largest absolute Gasteiger partial charge is 0.454 e. The summed E-state index contributed by atoms with van der Waals surface area (Å²) in [6.45, 7) is 7.68. The van der Waals surface area contributed by atoms with Crippen LogP contribution in [0, 0.1) is 11.3 Å². The average molecular weight is 608 g/mol. The lowest BCUT2D eigenvalue weighted by Gasteiger charge is -2.32. The minimum Gasteiger partial charge on any atom is -0.454 e. The summed E-state index contributed by atoms with van der Waals surface area (Å²) in [4.78, 5) is 25.8. The van der Waals surface area contributed by atoms with Crippen LogP contribution in [0.5, 0.6) is 11.5 Å². The van der Waals surface area contributed by atoms with Crippen LogP contribution in [0.2, 0.25) is 0 Å². The van der Waals surface area contributed by atoms with Crippen LogP contribution in [-0.4, -0.2) is 57.3 Å². The Kier molecular flexibility index (Phi) is 7.87. The summed E-state index contributed by atoms with van der Waals surface area (Å²) in [5.41, 5.74) is 0.727. The number of hydrogen-bond acceptors (Lipinski definition) is 9. The van der Waals surface area contributed by atoms with Crippen molar-refractivity contribution in [2.24, 2.45) is 5.92 Å². The highest BCUT2D eigenvalue weighted by Crippen LogP contribution is 2.42. The fraction of sp³-hybridized carbons (Fsp3) is 0.520. The van der Waals surface area contributed by atoms with E-state index >= 15 is 0 Å². The van der Waals surface area contributed by atoms with Crippen LogP contribution in [0.4, 0.5) is 4.79 Å². The molecule has 38 heavy (non-hydrogen) atoms. The molecule has 2 aliphatic heterocycles. The Bertz CT molecular complexity index is 1380. The van der Waals surface area contributed by atoms with Crippen molar-refractivity contribution in [1.29, 1.82) is 5.41 Å². The van der Waals surface area contributed by atoms with Crippen molar-refractivity contribution in [1.82, 2.24) is 24.8 Å². The number of hydrogen-bond donors (Lipinski definition) is 3. The molecule has 0 radical (unpaired) electrons. The Morgan fingerprint density at radius 2 is 2.05 bits per heavy atom. The SMILES string of the molecule is CC(C)(C)OC(=O)NC(CCn1cnc(=N)c2[nH]c(Sc3cc4c(cc3Br)OCO4)nc21)C1CCOCC1. The molecule has 0 saturated carbocycles. The molecule has 0 spiro atoms. The molecule has 5 rings (SSSR count). The third-order valence-electron chi connectivity index (χ3n) is 6.35. The molecule has 3 aromatic rings. The highest BCUT2D eigenvalue weighted by Gasteiger charge is 2.28. The van der Waals surface area contributed by atoms with E-state index in [4.69, 9.17) is 29.3 Å². The van der Waals surface area contributed by atoms with Crippen LogP contribution in [0.3, 0.4) is 0 Å². The number of carbonyl (C=O) groups is 1. The van der Waals surface area contributed by atoms with Crippen molar-refractivity contribution >= 4 is 44.9 Å². The van der Waals surface area contributed by atoms with Crippen molar-refractivity contribution in [3.05, 3.63) is 28.4 Å². The maximum atomic E-state index is 12.6. The maximum absolute atomic E-state index is 12.6. The molecule has 1 amide bonds. The lowest BCUT2D eigenvalue weighted by atomic mass is 9.89. The minimum atomic E-state index is -0.574. The van der Waals surface area contributed by atoms with Gasteiger partial charge in [0.1, 0.15) is 11.1 Å². The van der Waals surface area contributed by atoms with Gasteiger partial charge in [-0.3, -0.25) is 5.41 Å². The van der Waals surface area contributed by atoms with Crippen molar-refractivity contribution < 1.29 is 23.7 Å². The first kappa shape index (κ1) is 26.8. The Labute approximate surface area is 232 Å². The van der Waals surface area contributed by atoms with E-state index in [1.165, 1.54) is 11.8 Å². The molecule has 1 saturated heterocycles. The van der Waals surface area contributed by atoms with Gasteiger partial charge < -0.3 is 33.8 Å². The predicted molar refractivity (Wildman–Crippen MR) is 143 cm³/mol. The van der Waals surface area contributed by atoms with Crippen LogP contribution in [0.25, 0.3) is 11.2 Å². The number of H-pyrrole nitrogens is 1. The van der Waals surface area contributed by atoms with E-state index in [-0.39, 0.29) is 24.2 Å². The lowest BCUT2D eigenvalue weighted by molar-refractivity contribution is 0.0337. The van der Waals surface area contributed by atoms with Gasteiger partial charge in [-0.2, -0.15) is 0 Å². The zero-order chi connectivity index (χ0) is 26.9. The van der Waals surface area contributed by atoms with Crippen LogP contribution in [-0.2, 0) is 16.0 Å². The van der Waals surface area contributed by atoms with Gasteiger partial charge in [0.25, 0.3) is 0 Å². The fourth-order valence-corrected chi connectivity index (χ4v) is 5.92. The number of nitrogens with one attached hydrogen (secondary N) is 3. The monoisotopic (exact) mass is 606 g/mol. The number of aromatic amines is 1. The van der Waals surface area contributed by atoms with E-state index in [0.717, 1.165) is 22.2 Å². The Morgan fingerprint density at radius 3 is 2.79 bits per heavy atom. The number of aromatic nitrogens is 4. The zero-order valence-electron chi connectivity index (χ0n) is 21.5. The van der Waals surface area contributed by atoms with E-state index in [1.807, 2.05) is 37.5 Å². The summed E-state index contributed by atoms with van der Waals surface area (Å²) in [7, 11) is 0. The summed E-state index contributed by atoms with van der Waals surface area (Å²) < 4.78 is 24.8. The van der Waals surface area contributed by atoms with Gasteiger partial charge >= 0.3 is 6.09 Å². The normalized spacial score (nSPS) is 16.5. The number of halogens is 1. The number of carbonyl (C=O) groups excluding carboxylic acids is 1. The molecule has 2 aromatic heterocycles. The number of imidazole rings is 1. The summed E-state index contributed by atoms with van der Waals surface area (Å²) in [5.74, 6) is 1.66. The predicted octanol–water partition coefficient (Wildman–Crippen LogP) is 4.59. The van der Waals surface area contributed by atoms with Gasteiger partial charge in [0.05, 0.1) is 6.33 Å². The average Bonchev–Trinajstić information content (AvgIpc) is 3.50. The van der Waals surface area contributed by atoms with Crippen molar-refractivity contribution in [2.45, 2.75) is 68.3 Å². The molecule has 11 nitrogen and oxygen atoms in total. The first-order chi connectivity index (χ1) is 18.2. The molecule has 13 heteroatoms. The summed E-state index contributed by atoms with van der Waals surface area (Å²) in [5, 5.41) is 12.0. The molecular weight excluding hydrogens is 576 g/mol. The summed E-state index contributed by atoms with van der Waals surface area (Å²) in [6, 6.07) is 3.68. The van der Waals surface area contributed by atoms with E-state index in [9.17, 15) is 4.79 Å². The van der Waals surface area contributed by atoms with Gasteiger partial charge in [-0.15, -0.1) is 0 Å². The second-order valence-corrected chi connectivity index (χ2v) is 12.1. The number of ether oxygens (including phenoxy) is 4. The number of nitrogens with zero attached hydrogens (tertiary/aromatic N) is 3. The topological polar surface area (TPSA) is 136 Å². The van der Waals surface area contributed by atoms with Crippen LogP contribution in [0.15, 0.2) is 33.0 Å². The Hall–Kier alpha value is -2.77. The molecule has 0 bridgehead atoms. The molecule has 1 unspecified atom stereocenters. The van der Waals surface area contributed by atoms with Crippen molar-refractivity contribution in [3.63, 3.8) is 0 Å². The van der Waals surface area contributed by atoms with Crippen LogP contribution >= 0.6 is 27.7 Å². The van der Waals surface area contributed by atoms with Gasteiger partial charge in [-0.25, -0.2) is 14.8 Å². The zero-order valence-corrected chi connectivity index (χ0v) is 23.9. The fourth-order valence-electron chi connectivity index (χ4n) is 4.54. The summed E-state index contributed by atoms with van der Waals surface area (Å²) >= 11 is 5.01. The number of rotatable bonds is 7. The van der Waals surface area contributed by atoms with Gasteiger partial charge in [0, 0.05) is 35.2 Å². The number of aryl methyl sites for hydroxylation is 1.